The highest BCUT2D eigenvalue weighted by atomic mass is 35.5. The van der Waals surface area contributed by atoms with Crippen molar-refractivity contribution in [2.24, 2.45) is 0 Å². The number of halogens is 2. The van der Waals surface area contributed by atoms with Gasteiger partial charge in [-0.3, -0.25) is 0 Å². The lowest BCUT2D eigenvalue weighted by molar-refractivity contribution is 0.0118. The second-order valence-electron chi connectivity index (χ2n) is 9.76. The molecule has 0 aliphatic carbocycles. The zero-order chi connectivity index (χ0) is 23.0. The van der Waals surface area contributed by atoms with Crippen molar-refractivity contribution >= 4 is 29.3 Å². The minimum atomic E-state index is -0.510. The highest BCUT2D eigenvalue weighted by Crippen LogP contribution is 2.47. The van der Waals surface area contributed by atoms with Gasteiger partial charge in [-0.05, 0) is 69.0 Å². The van der Waals surface area contributed by atoms with Gasteiger partial charge in [0.15, 0.2) is 0 Å². The molecule has 2 aliphatic heterocycles. The first-order valence-electron chi connectivity index (χ1n) is 11.4. The van der Waals surface area contributed by atoms with E-state index in [4.69, 9.17) is 32.7 Å². The number of fused-ring (bicyclic) bond motifs is 3. The molecule has 0 aromatic heterocycles. The second kappa shape index (κ2) is 9.15. The van der Waals surface area contributed by atoms with Crippen molar-refractivity contribution in [1.82, 2.24) is 4.90 Å². The van der Waals surface area contributed by atoms with Crippen molar-refractivity contribution < 1.29 is 14.3 Å². The van der Waals surface area contributed by atoms with Gasteiger partial charge in [-0.15, -0.1) is 0 Å². The van der Waals surface area contributed by atoms with E-state index < -0.39 is 5.60 Å². The number of amides is 1. The number of benzene rings is 2. The fourth-order valence-electron chi connectivity index (χ4n) is 4.58. The molecule has 0 saturated carbocycles. The van der Waals surface area contributed by atoms with Crippen molar-refractivity contribution in [1.29, 1.82) is 0 Å². The van der Waals surface area contributed by atoms with Gasteiger partial charge in [-0.2, -0.15) is 0 Å². The Hall–Kier alpha value is -1.91. The van der Waals surface area contributed by atoms with Gasteiger partial charge in [0.1, 0.15) is 17.5 Å². The summed E-state index contributed by atoms with van der Waals surface area (Å²) in [6.45, 7) is 9.12. The molecule has 2 unspecified atom stereocenters. The van der Waals surface area contributed by atoms with Crippen molar-refractivity contribution in [3.8, 4) is 16.9 Å². The average Bonchev–Trinajstić information content (AvgIpc) is 3.08. The van der Waals surface area contributed by atoms with E-state index in [-0.39, 0.29) is 18.1 Å². The van der Waals surface area contributed by atoms with E-state index in [1.54, 1.807) is 6.07 Å². The van der Waals surface area contributed by atoms with Crippen LogP contribution >= 0.6 is 23.2 Å². The maximum absolute atomic E-state index is 12.7. The summed E-state index contributed by atoms with van der Waals surface area (Å²) in [5.41, 5.74) is 3.89. The third-order valence-corrected chi connectivity index (χ3v) is 6.65. The maximum atomic E-state index is 12.7. The Labute approximate surface area is 200 Å². The molecule has 2 atom stereocenters. The van der Waals surface area contributed by atoms with Crippen LogP contribution in [-0.2, 0) is 11.2 Å². The number of nitrogens with zero attached hydrogens (tertiary/aromatic N) is 1. The molecule has 1 amide bonds. The molecular formula is C26H31Cl2NO3. The normalized spacial score (nSPS) is 19.9. The first kappa shape index (κ1) is 23.3. The van der Waals surface area contributed by atoms with Gasteiger partial charge in [0.25, 0.3) is 0 Å². The monoisotopic (exact) mass is 475 g/mol. The molecule has 6 heteroatoms. The van der Waals surface area contributed by atoms with Gasteiger partial charge in [0.05, 0.1) is 0 Å². The Bertz CT molecular complexity index is 1010. The molecule has 2 aromatic rings. The Morgan fingerprint density at radius 2 is 2.00 bits per heavy atom. The maximum Gasteiger partial charge on any atom is 0.410 e. The van der Waals surface area contributed by atoms with E-state index in [0.29, 0.717) is 23.1 Å². The number of piperidine rings is 1. The van der Waals surface area contributed by atoms with Crippen LogP contribution in [0, 0.1) is 0 Å². The standard InChI is InChI=1S/C26H31Cl2NO3/c1-5-6-7-16-12-17(19-9-8-18(27)14-22(19)28)13-20-21-15-29(25(30)32-26(2,3)4)11-10-23(21)31-24(16)20/h8-9,12-14,21,23H,5-7,10-11,15H2,1-4H3. The van der Waals surface area contributed by atoms with Crippen molar-refractivity contribution in [3.63, 3.8) is 0 Å². The number of carbonyl (C=O) groups is 1. The summed E-state index contributed by atoms with van der Waals surface area (Å²) in [5.74, 6) is 1.12. The Morgan fingerprint density at radius 3 is 2.69 bits per heavy atom. The Balaban J connectivity index is 1.70. The van der Waals surface area contributed by atoms with Gasteiger partial charge < -0.3 is 14.4 Å². The van der Waals surface area contributed by atoms with Gasteiger partial charge in [-0.1, -0.05) is 42.6 Å². The average molecular weight is 476 g/mol. The number of unbranched alkanes of at least 4 members (excludes halogenated alkanes) is 1. The lowest BCUT2D eigenvalue weighted by atomic mass is 9.86. The summed E-state index contributed by atoms with van der Waals surface area (Å²) in [4.78, 5) is 14.5. The number of likely N-dealkylation sites (tertiary alicyclic amines) is 1. The molecule has 4 nitrogen and oxygen atoms in total. The molecule has 4 rings (SSSR count). The highest BCUT2D eigenvalue weighted by Gasteiger charge is 2.42. The number of aryl methyl sites for hydroxylation is 1. The van der Waals surface area contributed by atoms with Crippen molar-refractivity contribution in [3.05, 3.63) is 51.5 Å². The van der Waals surface area contributed by atoms with Crippen LogP contribution in [0.1, 0.15) is 64.0 Å². The highest BCUT2D eigenvalue weighted by molar-refractivity contribution is 6.36. The van der Waals surface area contributed by atoms with Crippen molar-refractivity contribution in [2.45, 2.75) is 71.0 Å². The van der Waals surface area contributed by atoms with Gasteiger partial charge in [-0.25, -0.2) is 4.79 Å². The summed E-state index contributed by atoms with van der Waals surface area (Å²) in [6.07, 6.45) is 3.77. The lowest BCUT2D eigenvalue weighted by Gasteiger charge is -2.35. The summed E-state index contributed by atoms with van der Waals surface area (Å²) < 4.78 is 12.1. The summed E-state index contributed by atoms with van der Waals surface area (Å²) in [7, 11) is 0. The van der Waals surface area contributed by atoms with Crippen LogP contribution in [0.4, 0.5) is 4.79 Å². The van der Waals surface area contributed by atoms with E-state index in [1.165, 1.54) is 5.56 Å². The van der Waals surface area contributed by atoms with Crippen LogP contribution in [0.2, 0.25) is 10.0 Å². The van der Waals surface area contributed by atoms with Gasteiger partial charge in [0, 0.05) is 46.6 Å². The zero-order valence-electron chi connectivity index (χ0n) is 19.2. The predicted molar refractivity (Wildman–Crippen MR) is 130 cm³/mol. The van der Waals surface area contributed by atoms with E-state index in [1.807, 2.05) is 37.8 Å². The van der Waals surface area contributed by atoms with Crippen LogP contribution in [0.5, 0.6) is 5.75 Å². The fraction of sp³-hybridized carbons (Fsp3) is 0.500. The van der Waals surface area contributed by atoms with E-state index in [9.17, 15) is 4.79 Å². The van der Waals surface area contributed by atoms with Crippen molar-refractivity contribution in [2.75, 3.05) is 13.1 Å². The van der Waals surface area contributed by atoms with Crippen LogP contribution in [-0.4, -0.2) is 35.8 Å². The zero-order valence-corrected chi connectivity index (χ0v) is 20.7. The molecule has 2 heterocycles. The molecular weight excluding hydrogens is 445 g/mol. The fourth-order valence-corrected chi connectivity index (χ4v) is 5.10. The van der Waals surface area contributed by atoms with E-state index in [2.05, 4.69) is 19.1 Å². The second-order valence-corrected chi connectivity index (χ2v) is 10.6. The first-order valence-corrected chi connectivity index (χ1v) is 12.2. The van der Waals surface area contributed by atoms with Gasteiger partial charge >= 0.3 is 6.09 Å². The molecule has 0 spiro atoms. The topological polar surface area (TPSA) is 38.8 Å². The third kappa shape index (κ3) is 4.87. The van der Waals surface area contributed by atoms with Gasteiger partial charge in [0.2, 0.25) is 0 Å². The quantitative estimate of drug-likeness (QED) is 0.459. The molecule has 0 N–H and O–H groups in total. The Morgan fingerprint density at radius 1 is 1.22 bits per heavy atom. The van der Waals surface area contributed by atoms with Crippen LogP contribution in [0.15, 0.2) is 30.3 Å². The summed E-state index contributed by atoms with van der Waals surface area (Å²) >= 11 is 12.7. The Kier molecular flexibility index (Phi) is 6.65. The number of hydrogen-bond donors (Lipinski definition) is 0. The predicted octanol–water partition coefficient (Wildman–Crippen LogP) is 7.49. The number of ether oxygens (including phenoxy) is 2. The summed E-state index contributed by atoms with van der Waals surface area (Å²) in [6, 6.07) is 10.0. The molecule has 0 radical (unpaired) electrons. The molecule has 2 aliphatic rings. The number of rotatable bonds is 4. The summed E-state index contributed by atoms with van der Waals surface area (Å²) in [5, 5.41) is 1.25. The number of hydrogen-bond acceptors (Lipinski definition) is 3. The molecule has 1 saturated heterocycles. The molecule has 1 fully saturated rings. The third-order valence-electron chi connectivity index (χ3n) is 6.11. The molecule has 32 heavy (non-hydrogen) atoms. The first-order chi connectivity index (χ1) is 15.2. The van der Waals surface area contributed by atoms with Crippen LogP contribution < -0.4 is 4.74 Å². The molecule has 0 bridgehead atoms. The number of carbonyl (C=O) groups excluding carboxylic acids is 1. The smallest absolute Gasteiger partial charge is 0.410 e. The largest absolute Gasteiger partial charge is 0.489 e. The molecule has 172 valence electrons. The molecule has 2 aromatic carbocycles. The van der Waals surface area contributed by atoms with Crippen LogP contribution in [0.3, 0.4) is 0 Å². The van der Waals surface area contributed by atoms with E-state index in [0.717, 1.165) is 48.1 Å². The SMILES string of the molecule is CCCCc1cc(-c2ccc(Cl)cc2Cl)cc2c1OC1CCN(C(=O)OC(C)(C)C)CC21. The minimum Gasteiger partial charge on any atom is -0.489 e. The van der Waals surface area contributed by atoms with Crippen LogP contribution in [0.25, 0.3) is 11.1 Å². The minimum absolute atomic E-state index is 0.0833. The van der Waals surface area contributed by atoms with E-state index >= 15 is 0 Å². The lowest BCUT2D eigenvalue weighted by Crippen LogP contribution is -2.46.